The van der Waals surface area contributed by atoms with Crippen molar-refractivity contribution in [2.45, 2.75) is 19.4 Å². The summed E-state index contributed by atoms with van der Waals surface area (Å²) in [6.07, 6.45) is 0.667. The quantitative estimate of drug-likeness (QED) is 0.509. The normalized spacial score (nSPS) is 16.2. The summed E-state index contributed by atoms with van der Waals surface area (Å²) < 4.78 is 29.7. The monoisotopic (exact) mass is 452 g/mol. The molecule has 1 unspecified atom stereocenters. The van der Waals surface area contributed by atoms with E-state index in [1.165, 1.54) is 12.1 Å². The van der Waals surface area contributed by atoms with E-state index in [9.17, 15) is 9.18 Å². The Hall–Kier alpha value is -3.72. The zero-order valence-electron chi connectivity index (χ0n) is 18.7. The number of carbonyl (C=O) groups excluding carboxylic acids is 1. The van der Waals surface area contributed by atoms with Crippen LogP contribution >= 0.6 is 0 Å². The minimum atomic E-state index is -0.511. The number of allylic oxidation sites excluding steroid dienone is 1. The summed E-state index contributed by atoms with van der Waals surface area (Å²) in [5, 5.41) is 7.10. The summed E-state index contributed by atoms with van der Waals surface area (Å²) in [5.41, 5.74) is 2.71. The number of urea groups is 1. The molecule has 4 rings (SSSR count). The molecule has 172 valence electrons. The van der Waals surface area contributed by atoms with Crippen molar-refractivity contribution in [2.75, 3.05) is 27.4 Å². The number of nitrogens with one attached hydrogen (secondary N) is 1. The van der Waals surface area contributed by atoms with Crippen molar-refractivity contribution in [3.8, 4) is 17.1 Å². The van der Waals surface area contributed by atoms with Crippen LogP contribution in [-0.2, 0) is 4.74 Å². The van der Waals surface area contributed by atoms with Gasteiger partial charge < -0.3 is 19.3 Å². The molecule has 2 amide bonds. The smallest absolute Gasteiger partial charge is 0.322 e. The third kappa shape index (κ3) is 4.73. The lowest BCUT2D eigenvalue weighted by Crippen LogP contribution is -2.46. The van der Waals surface area contributed by atoms with Gasteiger partial charge in [-0.25, -0.2) is 9.18 Å². The van der Waals surface area contributed by atoms with Gasteiger partial charge in [-0.15, -0.1) is 0 Å². The molecule has 3 aromatic rings. The standard InChI is InChI=1S/C24H25FN4O4/c1-15-20(23-27-22(28-33-23)17-6-4-7-18(25)14-17)21(16-8-10-19(32-3)11-9-16)26-24(30)29(15)12-5-13-31-2/h4,6-11,14,21H,5,12-13H2,1-3H3,(H,26,30). The fraction of sp³-hybridized carbons (Fsp3) is 0.292. The summed E-state index contributed by atoms with van der Waals surface area (Å²) in [6, 6.07) is 12.7. The van der Waals surface area contributed by atoms with Gasteiger partial charge in [0.05, 0.1) is 18.7 Å². The van der Waals surface area contributed by atoms with Crippen LogP contribution < -0.4 is 10.1 Å². The highest BCUT2D eigenvalue weighted by molar-refractivity contribution is 5.86. The van der Waals surface area contributed by atoms with E-state index in [-0.39, 0.29) is 23.6 Å². The van der Waals surface area contributed by atoms with E-state index in [4.69, 9.17) is 14.0 Å². The molecule has 33 heavy (non-hydrogen) atoms. The number of halogens is 1. The molecular formula is C24H25FN4O4. The second kappa shape index (κ2) is 9.83. The average Bonchev–Trinajstić information content (AvgIpc) is 3.31. The van der Waals surface area contributed by atoms with E-state index in [2.05, 4.69) is 15.5 Å². The number of benzene rings is 2. The van der Waals surface area contributed by atoms with E-state index < -0.39 is 6.04 Å². The van der Waals surface area contributed by atoms with Crippen LogP contribution in [0.1, 0.15) is 30.8 Å². The molecule has 2 aromatic carbocycles. The Morgan fingerprint density at radius 2 is 1.97 bits per heavy atom. The molecule has 8 nitrogen and oxygen atoms in total. The van der Waals surface area contributed by atoms with Crippen LogP contribution in [0.5, 0.6) is 5.75 Å². The van der Waals surface area contributed by atoms with Gasteiger partial charge in [0.2, 0.25) is 5.82 Å². The van der Waals surface area contributed by atoms with Gasteiger partial charge in [-0.2, -0.15) is 4.98 Å². The molecule has 1 aromatic heterocycles. The summed E-state index contributed by atoms with van der Waals surface area (Å²) in [7, 11) is 3.22. The number of amides is 2. The van der Waals surface area contributed by atoms with Crippen molar-refractivity contribution in [2.24, 2.45) is 0 Å². The fourth-order valence-corrected chi connectivity index (χ4v) is 3.82. The summed E-state index contributed by atoms with van der Waals surface area (Å²) in [4.78, 5) is 19.1. The summed E-state index contributed by atoms with van der Waals surface area (Å²) in [6.45, 7) is 2.84. The van der Waals surface area contributed by atoms with Crippen molar-refractivity contribution >= 4 is 11.6 Å². The molecular weight excluding hydrogens is 427 g/mol. The summed E-state index contributed by atoms with van der Waals surface area (Å²) in [5.74, 6) is 0.834. The molecule has 1 atom stereocenters. The maximum atomic E-state index is 13.7. The number of hydrogen-bond donors (Lipinski definition) is 1. The lowest BCUT2D eigenvalue weighted by atomic mass is 9.94. The molecule has 2 heterocycles. The van der Waals surface area contributed by atoms with Crippen molar-refractivity contribution in [3.05, 3.63) is 71.5 Å². The lowest BCUT2D eigenvalue weighted by Gasteiger charge is -2.35. The van der Waals surface area contributed by atoms with E-state index in [0.717, 1.165) is 5.56 Å². The maximum absolute atomic E-state index is 13.7. The molecule has 0 fully saturated rings. The van der Waals surface area contributed by atoms with Gasteiger partial charge in [-0.1, -0.05) is 29.4 Å². The highest BCUT2D eigenvalue weighted by atomic mass is 19.1. The number of aromatic nitrogens is 2. The van der Waals surface area contributed by atoms with Crippen molar-refractivity contribution < 1.29 is 23.2 Å². The Morgan fingerprint density at radius 1 is 1.18 bits per heavy atom. The predicted molar refractivity (Wildman–Crippen MR) is 120 cm³/mol. The molecule has 0 aliphatic carbocycles. The number of methoxy groups -OCH3 is 2. The molecule has 9 heteroatoms. The van der Waals surface area contributed by atoms with Crippen LogP contribution in [0.2, 0.25) is 0 Å². The van der Waals surface area contributed by atoms with Gasteiger partial charge in [0.1, 0.15) is 11.6 Å². The van der Waals surface area contributed by atoms with Gasteiger partial charge in [0, 0.05) is 31.5 Å². The first-order valence-electron chi connectivity index (χ1n) is 10.5. The summed E-state index contributed by atoms with van der Waals surface area (Å²) >= 11 is 0. The van der Waals surface area contributed by atoms with Crippen molar-refractivity contribution in [1.29, 1.82) is 0 Å². The van der Waals surface area contributed by atoms with Gasteiger partial charge in [0.15, 0.2) is 0 Å². The molecule has 1 aliphatic heterocycles. The zero-order chi connectivity index (χ0) is 23.4. The highest BCUT2D eigenvalue weighted by Crippen LogP contribution is 2.37. The van der Waals surface area contributed by atoms with Crippen LogP contribution in [0.4, 0.5) is 9.18 Å². The van der Waals surface area contributed by atoms with Crippen LogP contribution in [0.15, 0.2) is 58.8 Å². The van der Waals surface area contributed by atoms with Gasteiger partial charge in [0.25, 0.3) is 5.89 Å². The van der Waals surface area contributed by atoms with E-state index >= 15 is 0 Å². The third-order valence-corrected chi connectivity index (χ3v) is 5.51. The first-order valence-corrected chi connectivity index (χ1v) is 10.5. The molecule has 0 spiro atoms. The predicted octanol–water partition coefficient (Wildman–Crippen LogP) is 4.42. The minimum absolute atomic E-state index is 0.224. The second-order valence-corrected chi connectivity index (χ2v) is 7.59. The van der Waals surface area contributed by atoms with E-state index in [1.807, 2.05) is 31.2 Å². The topological polar surface area (TPSA) is 89.7 Å². The lowest BCUT2D eigenvalue weighted by molar-refractivity contribution is 0.174. The van der Waals surface area contributed by atoms with Gasteiger partial charge >= 0.3 is 6.03 Å². The Bertz CT molecular complexity index is 1160. The molecule has 0 bridgehead atoms. The maximum Gasteiger partial charge on any atom is 0.322 e. The molecule has 1 N–H and O–H groups in total. The van der Waals surface area contributed by atoms with Crippen molar-refractivity contribution in [3.63, 3.8) is 0 Å². The average molecular weight is 452 g/mol. The van der Waals surface area contributed by atoms with Crippen LogP contribution in [0.3, 0.4) is 0 Å². The van der Waals surface area contributed by atoms with Gasteiger partial charge in [-0.3, -0.25) is 4.90 Å². The first-order chi connectivity index (χ1) is 16.0. The minimum Gasteiger partial charge on any atom is -0.497 e. The fourth-order valence-electron chi connectivity index (χ4n) is 3.82. The van der Waals surface area contributed by atoms with Crippen LogP contribution in [0.25, 0.3) is 17.0 Å². The number of nitrogens with zero attached hydrogens (tertiary/aromatic N) is 3. The number of carbonyl (C=O) groups is 1. The Morgan fingerprint density at radius 3 is 2.67 bits per heavy atom. The Labute approximate surface area is 191 Å². The number of hydrogen-bond acceptors (Lipinski definition) is 6. The molecule has 0 radical (unpaired) electrons. The van der Waals surface area contributed by atoms with E-state index in [1.54, 1.807) is 31.3 Å². The largest absolute Gasteiger partial charge is 0.497 e. The molecule has 0 saturated heterocycles. The second-order valence-electron chi connectivity index (χ2n) is 7.59. The molecule has 1 aliphatic rings. The number of ether oxygens (including phenoxy) is 2. The van der Waals surface area contributed by atoms with E-state index in [0.29, 0.717) is 42.2 Å². The third-order valence-electron chi connectivity index (χ3n) is 5.51. The Kier molecular flexibility index (Phi) is 6.69. The Balaban J connectivity index is 1.76. The van der Waals surface area contributed by atoms with Crippen LogP contribution in [0, 0.1) is 5.82 Å². The van der Waals surface area contributed by atoms with Crippen LogP contribution in [-0.4, -0.2) is 48.4 Å². The first kappa shape index (κ1) is 22.5. The SMILES string of the molecule is COCCCN1C(=O)NC(c2ccc(OC)cc2)C(c2nc(-c3cccc(F)c3)no2)=C1C. The molecule has 0 saturated carbocycles. The van der Waals surface area contributed by atoms with Gasteiger partial charge in [-0.05, 0) is 43.2 Å². The zero-order valence-corrected chi connectivity index (χ0v) is 18.7. The van der Waals surface area contributed by atoms with Crippen molar-refractivity contribution in [1.82, 2.24) is 20.4 Å². The number of rotatable bonds is 8. The highest BCUT2D eigenvalue weighted by Gasteiger charge is 2.35.